The van der Waals surface area contributed by atoms with Crippen molar-refractivity contribution in [2.75, 3.05) is 52.4 Å². The van der Waals surface area contributed by atoms with Crippen LogP contribution in [0.3, 0.4) is 0 Å². The maximum Gasteiger partial charge on any atom is 0.0982 e. The van der Waals surface area contributed by atoms with Crippen molar-refractivity contribution in [2.24, 2.45) is 0 Å². The normalized spacial score (nSPS) is 21.9. The standard InChI is InChI=1S/C18H24Cl2N4S2/c19-16-3-1-14(25-16)13-22-9-11-24(12-10-22)18(15-2-4-17(20)26-15)23-7-5-21-6-8-23/h1-4,18,21H,5-13H2. The van der Waals surface area contributed by atoms with Crippen molar-refractivity contribution in [2.45, 2.75) is 12.7 Å². The molecule has 0 radical (unpaired) electrons. The van der Waals surface area contributed by atoms with Gasteiger partial charge in [0.1, 0.15) is 0 Å². The first-order valence-corrected chi connectivity index (χ1v) is 11.5. The van der Waals surface area contributed by atoms with Crippen LogP contribution in [0, 0.1) is 0 Å². The predicted molar refractivity (Wildman–Crippen MR) is 113 cm³/mol. The van der Waals surface area contributed by atoms with Gasteiger partial charge in [-0.1, -0.05) is 23.2 Å². The molecule has 0 bridgehead atoms. The van der Waals surface area contributed by atoms with Crippen LogP contribution in [0.15, 0.2) is 24.3 Å². The molecule has 0 aromatic carbocycles. The molecule has 2 fully saturated rings. The molecule has 1 N–H and O–H groups in total. The van der Waals surface area contributed by atoms with Gasteiger partial charge in [-0.2, -0.15) is 0 Å². The van der Waals surface area contributed by atoms with Gasteiger partial charge in [0, 0.05) is 68.7 Å². The second-order valence-electron chi connectivity index (χ2n) is 6.82. The lowest BCUT2D eigenvalue weighted by atomic mass is 10.2. The highest BCUT2D eigenvalue weighted by Crippen LogP contribution is 2.34. The van der Waals surface area contributed by atoms with E-state index in [0.29, 0.717) is 6.17 Å². The summed E-state index contributed by atoms with van der Waals surface area (Å²) in [5, 5.41) is 3.46. The lowest BCUT2D eigenvalue weighted by molar-refractivity contribution is 0.000451. The second kappa shape index (κ2) is 8.88. The van der Waals surface area contributed by atoms with Crippen molar-refractivity contribution in [1.82, 2.24) is 20.0 Å². The molecule has 4 rings (SSSR count). The highest BCUT2D eigenvalue weighted by Gasteiger charge is 2.31. The fraction of sp³-hybridized carbons (Fsp3) is 0.556. The third-order valence-electron chi connectivity index (χ3n) is 5.11. The number of nitrogens with one attached hydrogen (secondary N) is 1. The number of thiophene rings is 2. The van der Waals surface area contributed by atoms with Crippen molar-refractivity contribution >= 4 is 45.9 Å². The first-order valence-electron chi connectivity index (χ1n) is 9.10. The van der Waals surface area contributed by atoms with Gasteiger partial charge >= 0.3 is 0 Å². The van der Waals surface area contributed by atoms with E-state index < -0.39 is 0 Å². The molecule has 2 aromatic rings. The molecule has 2 aliphatic heterocycles. The zero-order valence-electron chi connectivity index (χ0n) is 14.7. The Morgan fingerprint density at radius 2 is 1.50 bits per heavy atom. The van der Waals surface area contributed by atoms with Gasteiger partial charge in [-0.05, 0) is 24.3 Å². The Hall–Kier alpha value is -0.180. The average molecular weight is 431 g/mol. The minimum atomic E-state index is 0.355. The SMILES string of the molecule is Clc1ccc(CN2CCN(C(c3ccc(Cl)s3)N3CCNCC3)CC2)s1. The van der Waals surface area contributed by atoms with Crippen LogP contribution < -0.4 is 5.32 Å². The Bertz CT molecular complexity index is 706. The molecule has 2 saturated heterocycles. The molecule has 26 heavy (non-hydrogen) atoms. The smallest absolute Gasteiger partial charge is 0.0982 e. The van der Waals surface area contributed by atoms with Crippen LogP contribution in [-0.2, 0) is 6.54 Å². The number of hydrogen-bond donors (Lipinski definition) is 1. The minimum absolute atomic E-state index is 0.355. The van der Waals surface area contributed by atoms with Gasteiger partial charge in [0.15, 0.2) is 0 Å². The Balaban J connectivity index is 1.42. The lowest BCUT2D eigenvalue weighted by Crippen LogP contribution is -2.54. The van der Waals surface area contributed by atoms with Gasteiger partial charge in [0.2, 0.25) is 0 Å². The molecule has 8 heteroatoms. The molecule has 1 atom stereocenters. The summed E-state index contributed by atoms with van der Waals surface area (Å²) in [7, 11) is 0. The van der Waals surface area contributed by atoms with Crippen molar-refractivity contribution in [1.29, 1.82) is 0 Å². The number of piperazine rings is 2. The van der Waals surface area contributed by atoms with Crippen LogP contribution in [0.2, 0.25) is 8.67 Å². The quantitative estimate of drug-likeness (QED) is 0.777. The Labute approximate surface area is 173 Å². The van der Waals surface area contributed by atoms with Crippen molar-refractivity contribution in [3.05, 3.63) is 42.7 Å². The van der Waals surface area contributed by atoms with Gasteiger partial charge in [-0.3, -0.25) is 14.7 Å². The molecule has 0 amide bonds. The fourth-order valence-electron chi connectivity index (χ4n) is 3.81. The summed E-state index contributed by atoms with van der Waals surface area (Å²) in [6, 6.07) is 8.39. The molecule has 0 aliphatic carbocycles. The summed E-state index contributed by atoms with van der Waals surface area (Å²) < 4.78 is 1.76. The molecule has 1 unspecified atom stereocenters. The molecule has 2 aromatic heterocycles. The summed E-state index contributed by atoms with van der Waals surface area (Å²) in [5.74, 6) is 0. The van der Waals surface area contributed by atoms with E-state index in [9.17, 15) is 0 Å². The van der Waals surface area contributed by atoms with Crippen molar-refractivity contribution in [3.8, 4) is 0 Å². The maximum atomic E-state index is 6.25. The molecule has 0 saturated carbocycles. The van der Waals surface area contributed by atoms with E-state index in [1.807, 2.05) is 12.1 Å². The van der Waals surface area contributed by atoms with Gasteiger partial charge in [0.25, 0.3) is 0 Å². The second-order valence-corrected chi connectivity index (χ2v) is 10.4. The molecule has 0 spiro atoms. The summed E-state index contributed by atoms with van der Waals surface area (Å²) in [5.41, 5.74) is 0. The van der Waals surface area contributed by atoms with Crippen LogP contribution in [0.5, 0.6) is 0 Å². The Kier molecular flexibility index (Phi) is 6.54. The Morgan fingerprint density at radius 1 is 0.846 bits per heavy atom. The summed E-state index contributed by atoms with van der Waals surface area (Å²) in [4.78, 5) is 10.5. The van der Waals surface area contributed by atoms with Crippen LogP contribution in [0.4, 0.5) is 0 Å². The summed E-state index contributed by atoms with van der Waals surface area (Å²) in [6.45, 7) is 9.68. The van der Waals surface area contributed by atoms with E-state index in [1.54, 1.807) is 22.7 Å². The van der Waals surface area contributed by atoms with E-state index >= 15 is 0 Å². The fourth-order valence-corrected chi connectivity index (χ4v) is 6.17. The average Bonchev–Trinajstić information content (AvgIpc) is 3.26. The maximum absolute atomic E-state index is 6.25. The molecule has 4 heterocycles. The number of hydrogen-bond acceptors (Lipinski definition) is 6. The summed E-state index contributed by atoms with van der Waals surface area (Å²) in [6.07, 6.45) is 0.355. The molecule has 2 aliphatic rings. The van der Waals surface area contributed by atoms with Gasteiger partial charge in [-0.15, -0.1) is 22.7 Å². The third-order valence-corrected chi connectivity index (χ3v) is 7.59. The van der Waals surface area contributed by atoms with Gasteiger partial charge in [0.05, 0.1) is 14.8 Å². The van der Waals surface area contributed by atoms with E-state index in [4.69, 9.17) is 23.2 Å². The molecular formula is C18H24Cl2N4S2. The largest absolute Gasteiger partial charge is 0.314 e. The van der Waals surface area contributed by atoms with E-state index in [0.717, 1.165) is 67.6 Å². The zero-order valence-corrected chi connectivity index (χ0v) is 17.8. The molecule has 142 valence electrons. The van der Waals surface area contributed by atoms with E-state index in [2.05, 4.69) is 32.1 Å². The first-order chi connectivity index (χ1) is 12.7. The van der Waals surface area contributed by atoms with E-state index in [1.165, 1.54) is 9.75 Å². The lowest BCUT2D eigenvalue weighted by Gasteiger charge is -2.44. The predicted octanol–water partition coefficient (Wildman–Crippen LogP) is 3.84. The Morgan fingerprint density at radius 3 is 2.12 bits per heavy atom. The topological polar surface area (TPSA) is 21.8 Å². The highest BCUT2D eigenvalue weighted by atomic mass is 35.5. The third kappa shape index (κ3) is 4.62. The van der Waals surface area contributed by atoms with Crippen molar-refractivity contribution in [3.63, 3.8) is 0 Å². The van der Waals surface area contributed by atoms with E-state index in [-0.39, 0.29) is 0 Å². The number of nitrogens with zero attached hydrogens (tertiary/aromatic N) is 3. The monoisotopic (exact) mass is 430 g/mol. The van der Waals surface area contributed by atoms with Gasteiger partial charge < -0.3 is 5.32 Å². The highest BCUT2D eigenvalue weighted by molar-refractivity contribution is 7.16. The van der Waals surface area contributed by atoms with Crippen LogP contribution in [0.1, 0.15) is 15.9 Å². The first kappa shape index (κ1) is 19.2. The van der Waals surface area contributed by atoms with Crippen molar-refractivity contribution < 1.29 is 0 Å². The number of halogens is 2. The van der Waals surface area contributed by atoms with Crippen LogP contribution >= 0.6 is 45.9 Å². The van der Waals surface area contributed by atoms with Crippen LogP contribution in [-0.4, -0.2) is 67.1 Å². The zero-order chi connectivity index (χ0) is 17.9. The molecular weight excluding hydrogens is 407 g/mol. The van der Waals surface area contributed by atoms with Crippen LogP contribution in [0.25, 0.3) is 0 Å². The molecule has 4 nitrogen and oxygen atoms in total. The number of rotatable bonds is 5. The minimum Gasteiger partial charge on any atom is -0.314 e. The summed E-state index contributed by atoms with van der Waals surface area (Å²) >= 11 is 15.7. The van der Waals surface area contributed by atoms with Gasteiger partial charge in [-0.25, -0.2) is 0 Å².